The molecule has 74 valence electrons. The van der Waals surface area contributed by atoms with Gasteiger partial charge in [0, 0.05) is 14.1 Å². The Morgan fingerprint density at radius 3 is 2.57 bits per heavy atom. The molecule has 2 aromatic rings. The van der Waals surface area contributed by atoms with Crippen LogP contribution in [0.5, 0.6) is 0 Å². The number of aromatic amines is 1. The highest BCUT2D eigenvalue weighted by atomic mass is 32.1. The zero-order chi connectivity index (χ0) is 10.3. The Bertz CT molecular complexity index is 518. The summed E-state index contributed by atoms with van der Waals surface area (Å²) in [4.78, 5) is 0. The van der Waals surface area contributed by atoms with Crippen molar-refractivity contribution in [2.75, 3.05) is 0 Å². The van der Waals surface area contributed by atoms with E-state index in [4.69, 9.17) is 12.2 Å². The van der Waals surface area contributed by atoms with Crippen LogP contribution in [0.15, 0.2) is 6.07 Å². The summed E-state index contributed by atoms with van der Waals surface area (Å²) in [5.74, 6) is 0.804. The first kappa shape index (κ1) is 9.14. The summed E-state index contributed by atoms with van der Waals surface area (Å²) in [6, 6.07) is 1.98. The summed E-state index contributed by atoms with van der Waals surface area (Å²) < 4.78 is 4.23. The molecule has 0 saturated heterocycles. The Kier molecular flexibility index (Phi) is 1.99. The highest BCUT2D eigenvalue weighted by molar-refractivity contribution is 7.71. The minimum absolute atomic E-state index is 0.610. The number of H-pyrrole nitrogens is 1. The molecule has 2 heterocycles. The van der Waals surface area contributed by atoms with Crippen molar-refractivity contribution in [3.63, 3.8) is 0 Å². The van der Waals surface area contributed by atoms with Gasteiger partial charge in [-0.05, 0) is 25.2 Å². The zero-order valence-electron chi connectivity index (χ0n) is 8.27. The summed E-state index contributed by atoms with van der Waals surface area (Å²) in [7, 11) is 3.77. The maximum Gasteiger partial charge on any atom is 0.195 e. The second kappa shape index (κ2) is 3.06. The van der Waals surface area contributed by atoms with E-state index in [2.05, 4.69) is 15.3 Å². The monoisotopic (exact) mass is 209 g/mol. The Hall–Kier alpha value is -1.43. The van der Waals surface area contributed by atoms with E-state index in [1.807, 2.05) is 31.7 Å². The number of nitrogens with zero attached hydrogens (tertiary/aromatic N) is 4. The molecule has 0 aliphatic rings. The Morgan fingerprint density at radius 2 is 2.14 bits per heavy atom. The topological polar surface area (TPSA) is 51.4 Å². The van der Waals surface area contributed by atoms with Gasteiger partial charge in [0.05, 0.1) is 5.69 Å². The lowest BCUT2D eigenvalue weighted by Gasteiger charge is -1.99. The van der Waals surface area contributed by atoms with Crippen molar-refractivity contribution in [2.45, 2.75) is 6.92 Å². The summed E-state index contributed by atoms with van der Waals surface area (Å²) in [5, 5.41) is 11.1. The molecule has 0 atom stereocenters. The van der Waals surface area contributed by atoms with Gasteiger partial charge in [0.2, 0.25) is 0 Å². The van der Waals surface area contributed by atoms with Crippen molar-refractivity contribution in [1.82, 2.24) is 24.5 Å². The normalized spacial score (nSPS) is 10.8. The predicted molar refractivity (Wildman–Crippen MR) is 55.3 cm³/mol. The van der Waals surface area contributed by atoms with E-state index < -0.39 is 0 Å². The standard InChI is InChI=1S/C8H11N5S/c1-5-4-6(13(3)11-5)7-9-10-8(14)12(7)2/h4H,1-3H3,(H,10,14). The van der Waals surface area contributed by atoms with E-state index in [9.17, 15) is 0 Å². The van der Waals surface area contributed by atoms with Gasteiger partial charge >= 0.3 is 0 Å². The van der Waals surface area contributed by atoms with E-state index in [0.29, 0.717) is 4.77 Å². The smallest absolute Gasteiger partial charge is 0.195 e. The van der Waals surface area contributed by atoms with E-state index in [0.717, 1.165) is 17.2 Å². The van der Waals surface area contributed by atoms with Gasteiger partial charge in [0.1, 0.15) is 5.69 Å². The zero-order valence-corrected chi connectivity index (χ0v) is 9.09. The van der Waals surface area contributed by atoms with Crippen LogP contribution >= 0.6 is 12.2 Å². The van der Waals surface area contributed by atoms with Crippen molar-refractivity contribution < 1.29 is 0 Å². The summed E-state index contributed by atoms with van der Waals surface area (Å²) >= 11 is 5.04. The highest BCUT2D eigenvalue weighted by Crippen LogP contribution is 2.16. The molecule has 0 aromatic carbocycles. The van der Waals surface area contributed by atoms with Crippen LogP contribution in [-0.4, -0.2) is 24.5 Å². The number of aromatic nitrogens is 5. The molecule has 2 aromatic heterocycles. The fourth-order valence-corrected chi connectivity index (χ4v) is 1.53. The number of nitrogens with one attached hydrogen (secondary N) is 1. The molecule has 5 nitrogen and oxygen atoms in total. The average molecular weight is 209 g/mol. The maximum atomic E-state index is 5.04. The minimum atomic E-state index is 0.610. The third-order valence-electron chi connectivity index (χ3n) is 2.11. The van der Waals surface area contributed by atoms with Crippen LogP contribution in [-0.2, 0) is 14.1 Å². The molecule has 0 amide bonds. The van der Waals surface area contributed by atoms with Gasteiger partial charge in [-0.2, -0.15) is 10.2 Å². The van der Waals surface area contributed by atoms with Gasteiger partial charge < -0.3 is 4.57 Å². The van der Waals surface area contributed by atoms with Crippen LogP contribution in [0.3, 0.4) is 0 Å². The highest BCUT2D eigenvalue weighted by Gasteiger charge is 2.10. The van der Waals surface area contributed by atoms with Crippen LogP contribution in [0.2, 0.25) is 0 Å². The summed E-state index contributed by atoms with van der Waals surface area (Å²) in [5.41, 5.74) is 1.92. The fourth-order valence-electron chi connectivity index (χ4n) is 1.40. The van der Waals surface area contributed by atoms with E-state index in [1.165, 1.54) is 0 Å². The predicted octanol–water partition coefficient (Wildman–Crippen LogP) is 1.19. The van der Waals surface area contributed by atoms with Crippen LogP contribution in [0.1, 0.15) is 5.69 Å². The lowest BCUT2D eigenvalue weighted by molar-refractivity contribution is 0.751. The number of hydrogen-bond acceptors (Lipinski definition) is 3. The lowest BCUT2D eigenvalue weighted by Crippen LogP contribution is -1.99. The lowest BCUT2D eigenvalue weighted by atomic mass is 10.3. The van der Waals surface area contributed by atoms with Crippen molar-refractivity contribution in [1.29, 1.82) is 0 Å². The third-order valence-corrected chi connectivity index (χ3v) is 2.48. The van der Waals surface area contributed by atoms with Gasteiger partial charge in [-0.25, -0.2) is 0 Å². The van der Waals surface area contributed by atoms with E-state index in [-0.39, 0.29) is 0 Å². The third kappa shape index (κ3) is 1.27. The Labute approximate surface area is 86.4 Å². The first-order valence-electron chi connectivity index (χ1n) is 4.22. The van der Waals surface area contributed by atoms with Crippen molar-refractivity contribution >= 4 is 12.2 Å². The molecule has 0 aliphatic carbocycles. The van der Waals surface area contributed by atoms with Gasteiger partial charge in [-0.3, -0.25) is 9.78 Å². The van der Waals surface area contributed by atoms with E-state index >= 15 is 0 Å². The molecule has 0 saturated carbocycles. The van der Waals surface area contributed by atoms with Gasteiger partial charge in [0.15, 0.2) is 10.6 Å². The molecule has 0 bridgehead atoms. The second-order valence-corrected chi connectivity index (χ2v) is 3.59. The molecule has 0 aliphatic heterocycles. The molecule has 0 fully saturated rings. The average Bonchev–Trinajstić information content (AvgIpc) is 2.59. The number of rotatable bonds is 1. The van der Waals surface area contributed by atoms with Gasteiger partial charge in [-0.1, -0.05) is 0 Å². The fraction of sp³-hybridized carbons (Fsp3) is 0.375. The van der Waals surface area contributed by atoms with Gasteiger partial charge in [0.25, 0.3) is 0 Å². The first-order valence-corrected chi connectivity index (χ1v) is 4.63. The maximum absolute atomic E-state index is 5.04. The molecule has 0 unspecified atom stereocenters. The molecular weight excluding hydrogens is 198 g/mol. The molecule has 0 spiro atoms. The number of aryl methyl sites for hydroxylation is 2. The largest absolute Gasteiger partial charge is 0.302 e. The summed E-state index contributed by atoms with van der Waals surface area (Å²) in [6.07, 6.45) is 0. The van der Waals surface area contributed by atoms with Gasteiger partial charge in [-0.15, -0.1) is 0 Å². The van der Waals surface area contributed by atoms with Crippen LogP contribution in [0.4, 0.5) is 0 Å². The molecule has 2 rings (SSSR count). The van der Waals surface area contributed by atoms with Crippen molar-refractivity contribution in [3.8, 4) is 11.5 Å². The second-order valence-electron chi connectivity index (χ2n) is 3.21. The first-order chi connectivity index (χ1) is 6.59. The quantitative estimate of drug-likeness (QED) is 0.718. The van der Waals surface area contributed by atoms with Crippen molar-refractivity contribution in [3.05, 3.63) is 16.5 Å². The van der Waals surface area contributed by atoms with E-state index in [1.54, 1.807) is 4.68 Å². The van der Waals surface area contributed by atoms with Crippen LogP contribution in [0.25, 0.3) is 11.5 Å². The van der Waals surface area contributed by atoms with Crippen molar-refractivity contribution in [2.24, 2.45) is 14.1 Å². The van der Waals surface area contributed by atoms with Crippen LogP contribution < -0.4 is 0 Å². The summed E-state index contributed by atoms with van der Waals surface area (Å²) in [6.45, 7) is 1.95. The molecule has 6 heteroatoms. The Morgan fingerprint density at radius 1 is 1.43 bits per heavy atom. The molecule has 1 N–H and O–H groups in total. The minimum Gasteiger partial charge on any atom is -0.302 e. The van der Waals surface area contributed by atoms with Crippen LogP contribution in [0, 0.1) is 11.7 Å². The molecule has 14 heavy (non-hydrogen) atoms. The molecule has 0 radical (unpaired) electrons. The SMILES string of the molecule is Cc1cc(-c2n[nH]c(=S)n2C)n(C)n1. The molecular formula is C8H11N5S. The number of hydrogen-bond donors (Lipinski definition) is 1. The Balaban J connectivity index is 2.65.